The van der Waals surface area contributed by atoms with E-state index in [1.807, 2.05) is 29.8 Å². The Balaban J connectivity index is 2.91. The SMILES string of the molecule is [B]c1cc(C)c2cncn2c1. The van der Waals surface area contributed by atoms with Crippen molar-refractivity contribution < 1.29 is 0 Å². The molecular weight excluding hydrogens is 135 g/mol. The van der Waals surface area contributed by atoms with Crippen molar-refractivity contribution in [1.29, 1.82) is 0 Å². The molecule has 0 saturated heterocycles. The number of imidazole rings is 1. The molecule has 2 aromatic heterocycles. The van der Waals surface area contributed by atoms with Crippen LogP contribution in [-0.2, 0) is 0 Å². The minimum Gasteiger partial charge on any atom is -0.307 e. The summed E-state index contributed by atoms with van der Waals surface area (Å²) < 4.78 is 1.92. The third-order valence-electron chi connectivity index (χ3n) is 1.74. The van der Waals surface area contributed by atoms with Crippen molar-refractivity contribution in [3.05, 3.63) is 30.4 Å². The predicted molar refractivity (Wildman–Crippen MR) is 45.3 cm³/mol. The first-order valence-electron chi connectivity index (χ1n) is 3.45. The molecule has 0 fully saturated rings. The van der Waals surface area contributed by atoms with Crippen LogP contribution in [0.1, 0.15) is 5.56 Å². The van der Waals surface area contributed by atoms with Crippen LogP contribution in [0.3, 0.4) is 0 Å². The highest BCUT2D eigenvalue weighted by molar-refractivity contribution is 6.32. The molecule has 0 N–H and O–H groups in total. The lowest BCUT2D eigenvalue weighted by atomic mass is 9.97. The minimum absolute atomic E-state index is 0.771. The molecule has 2 heterocycles. The van der Waals surface area contributed by atoms with Crippen LogP contribution >= 0.6 is 0 Å². The van der Waals surface area contributed by atoms with E-state index in [4.69, 9.17) is 7.85 Å². The average molecular weight is 142 g/mol. The Morgan fingerprint density at radius 2 is 2.36 bits per heavy atom. The van der Waals surface area contributed by atoms with Crippen LogP contribution in [-0.4, -0.2) is 17.2 Å². The molecule has 2 radical (unpaired) electrons. The molecule has 0 aromatic carbocycles. The van der Waals surface area contributed by atoms with Gasteiger partial charge in [0, 0.05) is 6.20 Å². The number of fused-ring (bicyclic) bond motifs is 1. The highest BCUT2D eigenvalue weighted by Crippen LogP contribution is 2.05. The van der Waals surface area contributed by atoms with E-state index in [9.17, 15) is 0 Å². The van der Waals surface area contributed by atoms with Gasteiger partial charge in [-0.15, -0.1) is 0 Å². The number of pyridine rings is 1. The smallest absolute Gasteiger partial charge is 0.115 e. The molecule has 0 saturated carbocycles. The van der Waals surface area contributed by atoms with E-state index in [-0.39, 0.29) is 0 Å². The number of hydrogen-bond donors (Lipinski definition) is 0. The van der Waals surface area contributed by atoms with Gasteiger partial charge in [-0.1, -0.05) is 11.5 Å². The molecule has 0 amide bonds. The van der Waals surface area contributed by atoms with Gasteiger partial charge in [0.2, 0.25) is 0 Å². The fraction of sp³-hybridized carbons (Fsp3) is 0.125. The topological polar surface area (TPSA) is 17.3 Å². The second-order valence-electron chi connectivity index (χ2n) is 2.64. The zero-order chi connectivity index (χ0) is 7.84. The maximum Gasteiger partial charge on any atom is 0.115 e. The molecule has 2 nitrogen and oxygen atoms in total. The Labute approximate surface area is 66.3 Å². The molecule has 0 atom stereocenters. The summed E-state index contributed by atoms with van der Waals surface area (Å²) in [5.74, 6) is 0. The zero-order valence-corrected chi connectivity index (χ0v) is 6.28. The Hall–Kier alpha value is -1.25. The zero-order valence-electron chi connectivity index (χ0n) is 6.28. The van der Waals surface area contributed by atoms with Gasteiger partial charge in [-0.05, 0) is 12.5 Å². The fourth-order valence-electron chi connectivity index (χ4n) is 1.23. The van der Waals surface area contributed by atoms with Gasteiger partial charge in [0.25, 0.3) is 0 Å². The largest absolute Gasteiger partial charge is 0.307 e. The second-order valence-corrected chi connectivity index (χ2v) is 2.64. The molecule has 0 aliphatic rings. The van der Waals surface area contributed by atoms with E-state index in [1.165, 1.54) is 0 Å². The van der Waals surface area contributed by atoms with Gasteiger partial charge in [0.05, 0.1) is 18.0 Å². The summed E-state index contributed by atoms with van der Waals surface area (Å²) in [5, 5.41) is 0. The lowest BCUT2D eigenvalue weighted by molar-refractivity contribution is 1.15. The molecule has 2 aromatic rings. The lowest BCUT2D eigenvalue weighted by Gasteiger charge is -1.99. The van der Waals surface area contributed by atoms with Crippen molar-refractivity contribution in [1.82, 2.24) is 9.38 Å². The predicted octanol–water partition coefficient (Wildman–Crippen LogP) is 0.437. The summed E-state index contributed by atoms with van der Waals surface area (Å²) in [6.45, 7) is 2.02. The molecular formula is C8H7BN2. The fourth-order valence-corrected chi connectivity index (χ4v) is 1.23. The summed E-state index contributed by atoms with van der Waals surface area (Å²) in [4.78, 5) is 4.01. The van der Waals surface area contributed by atoms with Crippen molar-refractivity contribution in [2.75, 3.05) is 0 Å². The molecule has 3 heteroatoms. The van der Waals surface area contributed by atoms with Crippen LogP contribution in [0.2, 0.25) is 0 Å². The standard InChI is InChI=1S/C8H7BN2/c1-6-2-7(9)4-11-5-10-3-8(6)11/h2-5H,1H3. The molecule has 52 valence electrons. The van der Waals surface area contributed by atoms with Crippen molar-refractivity contribution in [3.63, 3.8) is 0 Å². The van der Waals surface area contributed by atoms with Gasteiger partial charge >= 0.3 is 0 Å². The Morgan fingerprint density at radius 1 is 1.55 bits per heavy atom. The molecule has 0 aliphatic carbocycles. The lowest BCUT2D eigenvalue weighted by Crippen LogP contribution is -2.05. The number of nitrogens with zero attached hydrogens (tertiary/aromatic N) is 2. The Kier molecular flexibility index (Phi) is 1.25. The molecule has 0 unspecified atom stereocenters. The van der Waals surface area contributed by atoms with Crippen LogP contribution in [0.25, 0.3) is 5.52 Å². The van der Waals surface area contributed by atoms with Crippen LogP contribution in [0.4, 0.5) is 0 Å². The maximum atomic E-state index is 5.64. The van der Waals surface area contributed by atoms with E-state index in [1.54, 1.807) is 6.33 Å². The monoisotopic (exact) mass is 142 g/mol. The summed E-state index contributed by atoms with van der Waals surface area (Å²) >= 11 is 0. The van der Waals surface area contributed by atoms with Crippen molar-refractivity contribution in [3.8, 4) is 0 Å². The van der Waals surface area contributed by atoms with Crippen LogP contribution < -0.4 is 5.46 Å². The third-order valence-corrected chi connectivity index (χ3v) is 1.74. The number of aromatic nitrogens is 2. The van der Waals surface area contributed by atoms with Gasteiger partial charge in [-0.2, -0.15) is 0 Å². The third kappa shape index (κ3) is 0.927. The van der Waals surface area contributed by atoms with E-state index < -0.39 is 0 Å². The summed E-state index contributed by atoms with van der Waals surface area (Å²) in [5.41, 5.74) is 3.04. The number of hydrogen-bond acceptors (Lipinski definition) is 1. The van der Waals surface area contributed by atoms with Crippen molar-refractivity contribution in [2.45, 2.75) is 6.92 Å². The maximum absolute atomic E-state index is 5.64. The van der Waals surface area contributed by atoms with Gasteiger partial charge in [0.15, 0.2) is 0 Å². The van der Waals surface area contributed by atoms with E-state index >= 15 is 0 Å². The first kappa shape index (κ1) is 6.46. The average Bonchev–Trinajstić information content (AvgIpc) is 2.34. The van der Waals surface area contributed by atoms with Crippen LogP contribution in [0.15, 0.2) is 24.8 Å². The summed E-state index contributed by atoms with van der Waals surface area (Å²) in [7, 11) is 5.64. The highest BCUT2D eigenvalue weighted by Gasteiger charge is 1.96. The number of rotatable bonds is 0. The van der Waals surface area contributed by atoms with E-state index in [0.29, 0.717) is 0 Å². The first-order chi connectivity index (χ1) is 5.27. The molecule has 0 bridgehead atoms. The van der Waals surface area contributed by atoms with Crippen LogP contribution in [0.5, 0.6) is 0 Å². The Bertz CT molecular complexity index is 392. The summed E-state index contributed by atoms with van der Waals surface area (Å²) in [6, 6.07) is 1.94. The quantitative estimate of drug-likeness (QED) is 0.487. The van der Waals surface area contributed by atoms with Crippen molar-refractivity contribution >= 4 is 18.8 Å². The van der Waals surface area contributed by atoms with Gasteiger partial charge < -0.3 is 4.40 Å². The molecule has 0 spiro atoms. The molecule has 11 heavy (non-hydrogen) atoms. The van der Waals surface area contributed by atoms with Gasteiger partial charge in [-0.25, -0.2) is 4.98 Å². The normalized spacial score (nSPS) is 10.6. The summed E-state index contributed by atoms with van der Waals surface area (Å²) in [6.07, 6.45) is 5.43. The van der Waals surface area contributed by atoms with E-state index in [0.717, 1.165) is 16.5 Å². The molecule has 2 rings (SSSR count). The molecule has 0 aliphatic heterocycles. The Morgan fingerprint density at radius 3 is 3.18 bits per heavy atom. The first-order valence-corrected chi connectivity index (χ1v) is 3.45. The number of aryl methyl sites for hydroxylation is 1. The minimum atomic E-state index is 0.771. The van der Waals surface area contributed by atoms with Crippen LogP contribution in [0, 0.1) is 6.92 Å². The van der Waals surface area contributed by atoms with Gasteiger partial charge in [0.1, 0.15) is 7.85 Å². The van der Waals surface area contributed by atoms with Gasteiger partial charge in [-0.3, -0.25) is 0 Å². The highest BCUT2D eigenvalue weighted by atomic mass is 15.0. The van der Waals surface area contributed by atoms with E-state index in [2.05, 4.69) is 4.98 Å². The van der Waals surface area contributed by atoms with Crippen molar-refractivity contribution in [2.24, 2.45) is 0 Å². The second kappa shape index (κ2) is 2.12.